The number of hydrogen-bond acceptors (Lipinski definition) is 7. The maximum Gasteiger partial charge on any atom is 0.301 e. The Balaban J connectivity index is 1.71. The summed E-state index contributed by atoms with van der Waals surface area (Å²) < 4.78 is 6.71. The van der Waals surface area contributed by atoms with Crippen LogP contribution in [-0.4, -0.2) is 42.5 Å². The first-order valence-corrected chi connectivity index (χ1v) is 14.1. The fourth-order valence-corrected chi connectivity index (χ4v) is 6.10. The van der Waals surface area contributed by atoms with Crippen LogP contribution in [0.1, 0.15) is 55.0 Å². The van der Waals surface area contributed by atoms with Gasteiger partial charge in [-0.3, -0.25) is 14.5 Å². The third-order valence-electron chi connectivity index (χ3n) is 7.11. The van der Waals surface area contributed by atoms with Gasteiger partial charge in [-0.2, -0.15) is 0 Å². The molecule has 7 nitrogen and oxygen atoms in total. The van der Waals surface area contributed by atoms with Gasteiger partial charge in [-0.25, -0.2) is 4.98 Å². The number of nitrogens with zero attached hydrogens (tertiary/aromatic N) is 3. The molecule has 1 unspecified atom stereocenters. The molecule has 1 aromatic heterocycles. The summed E-state index contributed by atoms with van der Waals surface area (Å²) in [4.78, 5) is 35.4. The first kappa shape index (κ1) is 27.4. The lowest BCUT2D eigenvalue weighted by atomic mass is 9.93. The first-order chi connectivity index (χ1) is 19.1. The van der Waals surface area contributed by atoms with Crippen molar-refractivity contribution in [2.45, 2.75) is 39.7 Å². The zero-order valence-electron chi connectivity index (χ0n) is 23.6. The number of rotatable bonds is 7. The molecular weight excluding hydrogens is 522 g/mol. The van der Waals surface area contributed by atoms with Crippen molar-refractivity contribution in [3.05, 3.63) is 88.5 Å². The molecule has 3 aromatic carbocycles. The number of carbonyl (C=O) groups excluding carboxylic acids is 2. The molecule has 0 saturated carbocycles. The molecule has 1 saturated heterocycles. The normalized spacial score (nSPS) is 16.8. The van der Waals surface area contributed by atoms with Gasteiger partial charge in [0.25, 0.3) is 5.78 Å². The highest BCUT2D eigenvalue weighted by atomic mass is 32.1. The summed E-state index contributed by atoms with van der Waals surface area (Å²) in [6.45, 7) is 8.52. The van der Waals surface area contributed by atoms with Crippen molar-refractivity contribution in [2.24, 2.45) is 0 Å². The average molecular weight is 556 g/mol. The van der Waals surface area contributed by atoms with Crippen LogP contribution in [0, 0.1) is 6.92 Å². The summed E-state index contributed by atoms with van der Waals surface area (Å²) in [5.74, 6) is -0.819. The molecule has 5 rings (SSSR count). The summed E-state index contributed by atoms with van der Waals surface area (Å²) in [7, 11) is 3.89. The predicted octanol–water partition coefficient (Wildman–Crippen LogP) is 6.82. The third kappa shape index (κ3) is 4.84. The number of fused-ring (bicyclic) bond motifs is 1. The van der Waals surface area contributed by atoms with Crippen LogP contribution in [0.4, 0.5) is 10.8 Å². The number of aliphatic hydroxyl groups excluding tert-OH is 1. The second-order valence-corrected chi connectivity index (χ2v) is 11.5. The third-order valence-corrected chi connectivity index (χ3v) is 8.13. The van der Waals surface area contributed by atoms with Crippen molar-refractivity contribution < 1.29 is 19.4 Å². The van der Waals surface area contributed by atoms with Crippen molar-refractivity contribution in [1.29, 1.82) is 0 Å². The van der Waals surface area contributed by atoms with Gasteiger partial charge in [-0.1, -0.05) is 43.4 Å². The van der Waals surface area contributed by atoms with Gasteiger partial charge in [-0.15, -0.1) is 0 Å². The fourth-order valence-electron chi connectivity index (χ4n) is 5.01. The zero-order valence-corrected chi connectivity index (χ0v) is 24.4. The molecule has 8 heteroatoms. The summed E-state index contributed by atoms with van der Waals surface area (Å²) in [6.07, 6.45) is 0. The number of amides is 1. The van der Waals surface area contributed by atoms with Crippen molar-refractivity contribution >= 4 is 49.8 Å². The number of aliphatic hydroxyl groups is 1. The Bertz CT molecular complexity index is 1640. The second-order valence-electron chi connectivity index (χ2n) is 10.5. The lowest BCUT2D eigenvalue weighted by molar-refractivity contribution is -0.132. The maximum absolute atomic E-state index is 13.7. The van der Waals surface area contributed by atoms with E-state index < -0.39 is 17.7 Å². The van der Waals surface area contributed by atoms with Crippen molar-refractivity contribution in [3.63, 3.8) is 0 Å². The Labute approximate surface area is 238 Å². The van der Waals surface area contributed by atoms with Crippen molar-refractivity contribution in [1.82, 2.24) is 4.98 Å². The van der Waals surface area contributed by atoms with E-state index in [0.29, 0.717) is 22.9 Å². The van der Waals surface area contributed by atoms with E-state index in [0.717, 1.165) is 32.8 Å². The van der Waals surface area contributed by atoms with Crippen LogP contribution in [-0.2, 0) is 9.59 Å². The first-order valence-electron chi connectivity index (χ1n) is 13.3. The lowest BCUT2D eigenvalue weighted by Gasteiger charge is -2.24. The van der Waals surface area contributed by atoms with Gasteiger partial charge in [-0.05, 0) is 78.9 Å². The highest BCUT2D eigenvalue weighted by molar-refractivity contribution is 7.22. The topological polar surface area (TPSA) is 83.0 Å². The molecule has 4 aromatic rings. The number of anilines is 2. The molecule has 2 heterocycles. The van der Waals surface area contributed by atoms with Gasteiger partial charge in [0.05, 0.1) is 28.4 Å². The highest BCUT2D eigenvalue weighted by Gasteiger charge is 2.48. The van der Waals surface area contributed by atoms with Crippen LogP contribution in [0.2, 0.25) is 0 Å². The lowest BCUT2D eigenvalue weighted by Crippen LogP contribution is -2.29. The van der Waals surface area contributed by atoms with Crippen LogP contribution in [0.25, 0.3) is 16.0 Å². The van der Waals surface area contributed by atoms with Gasteiger partial charge >= 0.3 is 5.91 Å². The number of thiazole rings is 1. The molecule has 1 aliphatic heterocycles. The van der Waals surface area contributed by atoms with E-state index in [1.807, 2.05) is 95.2 Å². The van der Waals surface area contributed by atoms with E-state index in [4.69, 9.17) is 9.72 Å². The number of benzene rings is 3. The second kappa shape index (κ2) is 10.8. The van der Waals surface area contributed by atoms with Gasteiger partial charge < -0.3 is 14.7 Å². The number of ketones is 1. The predicted molar refractivity (Wildman–Crippen MR) is 162 cm³/mol. The molecule has 1 N–H and O–H groups in total. The van der Waals surface area contributed by atoms with E-state index in [-0.39, 0.29) is 17.3 Å². The van der Waals surface area contributed by atoms with Crippen LogP contribution >= 0.6 is 11.3 Å². The Kier molecular flexibility index (Phi) is 7.38. The SMILES string of the molecule is CCOc1ccc(/C(O)=C2\C(=O)C(=O)N(c3nc4ccc(C)cc4s3)C2c2ccc(N(C)C)cc2)cc1C(C)C. The van der Waals surface area contributed by atoms with Crippen LogP contribution in [0.3, 0.4) is 0 Å². The van der Waals surface area contributed by atoms with Crippen LogP contribution in [0.5, 0.6) is 5.75 Å². The molecule has 0 bridgehead atoms. The van der Waals surface area contributed by atoms with Crippen molar-refractivity contribution in [2.75, 3.05) is 30.5 Å². The number of hydrogen-bond donors (Lipinski definition) is 1. The minimum Gasteiger partial charge on any atom is -0.507 e. The quantitative estimate of drug-likeness (QED) is 0.153. The van der Waals surface area contributed by atoms with Crippen LogP contribution < -0.4 is 14.5 Å². The Morgan fingerprint density at radius 1 is 1.07 bits per heavy atom. The standard InChI is InChI=1S/C32H33N3O4S/c1-7-39-25-15-11-21(17-23(25)18(2)3)29(36)27-28(20-9-12-22(13-10-20)34(5)6)35(31(38)30(27)37)32-33-24-14-8-19(4)16-26(24)40-32/h8-18,28,36H,7H2,1-6H3/b29-27+. The molecule has 0 spiro atoms. The molecule has 1 atom stereocenters. The molecular formula is C32H33N3O4S. The molecule has 1 amide bonds. The van der Waals surface area contributed by atoms with Gasteiger partial charge in [0.1, 0.15) is 11.5 Å². The number of carbonyl (C=O) groups is 2. The number of aromatic nitrogens is 1. The van der Waals surface area contributed by atoms with E-state index in [2.05, 4.69) is 0 Å². The molecule has 40 heavy (non-hydrogen) atoms. The number of Topliss-reactive ketones (excluding diaryl/α,β-unsaturated/α-hetero) is 1. The molecule has 0 radical (unpaired) electrons. The summed E-state index contributed by atoms with van der Waals surface area (Å²) in [6, 6.07) is 18.1. The maximum atomic E-state index is 13.7. The fraction of sp³-hybridized carbons (Fsp3) is 0.281. The summed E-state index contributed by atoms with van der Waals surface area (Å²) in [5, 5.41) is 12.1. The summed E-state index contributed by atoms with van der Waals surface area (Å²) in [5.41, 5.74) is 4.92. The van der Waals surface area contributed by atoms with E-state index in [1.165, 1.54) is 16.2 Å². The molecule has 206 valence electrons. The zero-order chi connectivity index (χ0) is 28.7. The van der Waals surface area contributed by atoms with Gasteiger partial charge in [0, 0.05) is 25.3 Å². The van der Waals surface area contributed by atoms with Gasteiger partial charge in [0.15, 0.2) is 5.13 Å². The average Bonchev–Trinajstić information content (AvgIpc) is 3.46. The van der Waals surface area contributed by atoms with E-state index in [9.17, 15) is 14.7 Å². The van der Waals surface area contributed by atoms with Crippen LogP contribution in [0.15, 0.2) is 66.2 Å². The van der Waals surface area contributed by atoms with E-state index >= 15 is 0 Å². The molecule has 1 aliphatic rings. The number of ether oxygens (including phenoxy) is 1. The largest absolute Gasteiger partial charge is 0.507 e. The Hall–Kier alpha value is -4.17. The molecule has 1 fully saturated rings. The minimum absolute atomic E-state index is 0.0388. The minimum atomic E-state index is -0.841. The van der Waals surface area contributed by atoms with Crippen molar-refractivity contribution in [3.8, 4) is 5.75 Å². The Morgan fingerprint density at radius 3 is 2.45 bits per heavy atom. The smallest absolute Gasteiger partial charge is 0.301 e. The number of aryl methyl sites for hydroxylation is 1. The Morgan fingerprint density at radius 2 is 1.80 bits per heavy atom. The van der Waals surface area contributed by atoms with Gasteiger partial charge in [0.2, 0.25) is 0 Å². The monoisotopic (exact) mass is 555 g/mol. The summed E-state index contributed by atoms with van der Waals surface area (Å²) >= 11 is 1.36. The molecule has 0 aliphatic carbocycles. The van der Waals surface area contributed by atoms with E-state index in [1.54, 1.807) is 12.1 Å². The highest BCUT2D eigenvalue weighted by Crippen LogP contribution is 2.45.